The lowest BCUT2D eigenvalue weighted by molar-refractivity contribution is 0.337. The lowest BCUT2D eigenvalue weighted by atomic mass is 10.1. The van der Waals surface area contributed by atoms with Gasteiger partial charge in [0.1, 0.15) is 11.6 Å². The minimum Gasteiger partial charge on any atom is -0.491 e. The lowest BCUT2D eigenvalue weighted by Gasteiger charge is -2.04. The van der Waals surface area contributed by atoms with Crippen LogP contribution in [0, 0.1) is 23.5 Å². The molecule has 0 N–H and O–H groups in total. The molecule has 0 aliphatic heterocycles. The summed E-state index contributed by atoms with van der Waals surface area (Å²) < 4.78 is 33.1. The van der Waals surface area contributed by atoms with Crippen molar-refractivity contribution in [2.24, 2.45) is 0 Å². The normalized spacial score (nSPS) is 10.4. The Morgan fingerprint density at radius 1 is 0.862 bits per heavy atom. The van der Waals surface area contributed by atoms with Crippen molar-refractivity contribution in [3.05, 3.63) is 89.8 Å². The Kier molecular flexibility index (Phi) is 5.17. The summed E-state index contributed by atoms with van der Waals surface area (Å²) in [7, 11) is 0. The molecule has 4 rings (SSSR count). The van der Waals surface area contributed by atoms with Crippen molar-refractivity contribution in [2.45, 2.75) is 6.92 Å². The first-order valence-electron chi connectivity index (χ1n) is 9.08. The molecule has 4 aromatic rings. The van der Waals surface area contributed by atoms with Crippen LogP contribution in [0.15, 0.2) is 67.0 Å². The van der Waals surface area contributed by atoms with E-state index in [1.165, 1.54) is 18.2 Å². The number of hydrogen-bond acceptors (Lipinski definition) is 3. The number of hydrogen-bond donors (Lipinski definition) is 0. The molecule has 0 aliphatic rings. The lowest BCUT2D eigenvalue weighted by Crippen LogP contribution is -1.95. The van der Waals surface area contributed by atoms with Crippen molar-refractivity contribution >= 4 is 10.8 Å². The second-order valence-electron chi connectivity index (χ2n) is 6.33. The third kappa shape index (κ3) is 4.22. The molecule has 1 heterocycles. The van der Waals surface area contributed by atoms with Gasteiger partial charge in [0.2, 0.25) is 0 Å². The number of ether oxygens (including phenoxy) is 1. The number of benzene rings is 3. The maximum atomic E-state index is 14.5. The van der Waals surface area contributed by atoms with E-state index in [0.717, 1.165) is 16.3 Å². The van der Waals surface area contributed by atoms with E-state index >= 15 is 0 Å². The van der Waals surface area contributed by atoms with Gasteiger partial charge in [0, 0.05) is 11.1 Å². The maximum Gasteiger partial charge on any atom is 0.159 e. The molecule has 0 unspecified atom stereocenters. The van der Waals surface area contributed by atoms with Gasteiger partial charge in [0.05, 0.1) is 24.6 Å². The molecule has 142 valence electrons. The Morgan fingerprint density at radius 3 is 2.38 bits per heavy atom. The van der Waals surface area contributed by atoms with Crippen LogP contribution in [0.1, 0.15) is 18.1 Å². The van der Waals surface area contributed by atoms with E-state index in [0.29, 0.717) is 23.7 Å². The first kappa shape index (κ1) is 18.6. The summed E-state index contributed by atoms with van der Waals surface area (Å²) in [6.07, 6.45) is 3.12. The van der Waals surface area contributed by atoms with Crippen molar-refractivity contribution in [3.8, 4) is 29.0 Å². The van der Waals surface area contributed by atoms with Crippen molar-refractivity contribution < 1.29 is 13.5 Å². The first-order valence-corrected chi connectivity index (χ1v) is 9.08. The van der Waals surface area contributed by atoms with Crippen LogP contribution in [0.25, 0.3) is 22.2 Å². The molecule has 29 heavy (non-hydrogen) atoms. The Balaban J connectivity index is 1.58. The molecular formula is C24H16F2N2O. The summed E-state index contributed by atoms with van der Waals surface area (Å²) in [5.41, 5.74) is 1.56. The fourth-order valence-corrected chi connectivity index (χ4v) is 2.90. The van der Waals surface area contributed by atoms with E-state index < -0.39 is 5.82 Å². The highest BCUT2D eigenvalue weighted by Crippen LogP contribution is 2.20. The summed E-state index contributed by atoms with van der Waals surface area (Å²) in [6.45, 7) is 2.40. The Hall–Kier alpha value is -3.78. The Bertz CT molecular complexity index is 1240. The zero-order valence-electron chi connectivity index (χ0n) is 15.6. The Labute approximate surface area is 167 Å². The number of nitrogens with zero attached hydrogens (tertiary/aromatic N) is 2. The first-order chi connectivity index (χ1) is 14.1. The maximum absolute atomic E-state index is 14.5. The van der Waals surface area contributed by atoms with E-state index in [-0.39, 0.29) is 11.4 Å². The van der Waals surface area contributed by atoms with Crippen LogP contribution in [-0.2, 0) is 0 Å². The van der Waals surface area contributed by atoms with Crippen molar-refractivity contribution in [3.63, 3.8) is 0 Å². The number of aromatic nitrogens is 2. The zero-order valence-corrected chi connectivity index (χ0v) is 15.6. The summed E-state index contributed by atoms with van der Waals surface area (Å²) in [5, 5.41) is 1.67. The third-order valence-electron chi connectivity index (χ3n) is 4.31. The summed E-state index contributed by atoms with van der Waals surface area (Å²) >= 11 is 0. The van der Waals surface area contributed by atoms with Gasteiger partial charge in [0.25, 0.3) is 0 Å². The molecule has 0 saturated carbocycles. The smallest absolute Gasteiger partial charge is 0.159 e. The highest BCUT2D eigenvalue weighted by atomic mass is 19.1. The summed E-state index contributed by atoms with van der Waals surface area (Å²) in [4.78, 5) is 8.40. The minimum absolute atomic E-state index is 0.277. The van der Waals surface area contributed by atoms with Gasteiger partial charge in [-0.05, 0) is 60.2 Å². The average Bonchev–Trinajstić information content (AvgIpc) is 2.73. The predicted octanol–water partition coefficient (Wildman–Crippen LogP) is 5.37. The number of fused-ring (bicyclic) bond motifs is 1. The van der Waals surface area contributed by atoms with E-state index in [9.17, 15) is 8.78 Å². The van der Waals surface area contributed by atoms with Crippen LogP contribution in [0.5, 0.6) is 5.75 Å². The second kappa shape index (κ2) is 8.07. The van der Waals surface area contributed by atoms with Gasteiger partial charge in [-0.25, -0.2) is 18.7 Å². The molecule has 3 nitrogen and oxygen atoms in total. The second-order valence-corrected chi connectivity index (χ2v) is 6.33. The predicted molar refractivity (Wildman–Crippen MR) is 108 cm³/mol. The van der Waals surface area contributed by atoms with Crippen molar-refractivity contribution in [2.75, 3.05) is 6.61 Å². The molecular weight excluding hydrogens is 370 g/mol. The van der Waals surface area contributed by atoms with Crippen LogP contribution in [0.2, 0.25) is 0 Å². The van der Waals surface area contributed by atoms with Gasteiger partial charge in [-0.3, -0.25) is 0 Å². The van der Waals surface area contributed by atoms with Crippen LogP contribution < -0.4 is 4.74 Å². The van der Waals surface area contributed by atoms with E-state index in [4.69, 9.17) is 4.74 Å². The molecule has 0 bridgehead atoms. The average molecular weight is 386 g/mol. The quantitative estimate of drug-likeness (QED) is 0.444. The Morgan fingerprint density at radius 2 is 1.62 bits per heavy atom. The van der Waals surface area contributed by atoms with Crippen LogP contribution in [0.4, 0.5) is 8.78 Å². The van der Waals surface area contributed by atoms with Crippen LogP contribution in [0.3, 0.4) is 0 Å². The zero-order chi connectivity index (χ0) is 20.2. The fraction of sp³-hybridized carbons (Fsp3) is 0.0833. The molecule has 3 aromatic carbocycles. The van der Waals surface area contributed by atoms with Gasteiger partial charge in [-0.1, -0.05) is 24.0 Å². The summed E-state index contributed by atoms with van der Waals surface area (Å²) in [6, 6.07) is 14.7. The largest absolute Gasteiger partial charge is 0.491 e. The van der Waals surface area contributed by atoms with Gasteiger partial charge in [-0.2, -0.15) is 0 Å². The molecule has 5 heteroatoms. The summed E-state index contributed by atoms with van der Waals surface area (Å²) in [5.74, 6) is 6.05. The molecule has 0 saturated heterocycles. The fourth-order valence-electron chi connectivity index (χ4n) is 2.90. The standard InChI is InChI=1S/C24H16F2N2O/c1-2-29-22-14-27-24(28-15-22)20-8-7-17(23(26)13-20)5-3-16-4-6-19-12-21(25)10-9-18(19)11-16/h4,6-15H,2H2,1H3. The highest BCUT2D eigenvalue weighted by Gasteiger charge is 2.06. The highest BCUT2D eigenvalue weighted by molar-refractivity contribution is 5.84. The monoisotopic (exact) mass is 386 g/mol. The van der Waals surface area contributed by atoms with Gasteiger partial charge < -0.3 is 4.74 Å². The molecule has 0 radical (unpaired) electrons. The van der Waals surface area contributed by atoms with Crippen LogP contribution >= 0.6 is 0 Å². The van der Waals surface area contributed by atoms with Crippen molar-refractivity contribution in [1.82, 2.24) is 9.97 Å². The topological polar surface area (TPSA) is 35.0 Å². The van der Waals surface area contributed by atoms with Gasteiger partial charge in [-0.15, -0.1) is 0 Å². The van der Waals surface area contributed by atoms with E-state index in [2.05, 4.69) is 21.8 Å². The molecule has 0 aliphatic carbocycles. The number of halogens is 2. The van der Waals surface area contributed by atoms with Crippen LogP contribution in [-0.4, -0.2) is 16.6 Å². The molecule has 0 atom stereocenters. The molecule has 0 fully saturated rings. The van der Waals surface area contributed by atoms with E-state index in [1.807, 2.05) is 13.0 Å². The molecule has 0 amide bonds. The third-order valence-corrected chi connectivity index (χ3v) is 4.31. The van der Waals surface area contributed by atoms with Gasteiger partial charge >= 0.3 is 0 Å². The molecule has 0 spiro atoms. The van der Waals surface area contributed by atoms with Gasteiger partial charge in [0.15, 0.2) is 11.6 Å². The molecule has 1 aromatic heterocycles. The SMILES string of the molecule is CCOc1cnc(-c2ccc(C#Cc3ccc4cc(F)ccc4c3)c(F)c2)nc1. The van der Waals surface area contributed by atoms with E-state index in [1.54, 1.807) is 42.7 Å². The minimum atomic E-state index is -0.449. The van der Waals surface area contributed by atoms with Crippen molar-refractivity contribution in [1.29, 1.82) is 0 Å². The number of rotatable bonds is 3.